The lowest BCUT2D eigenvalue weighted by molar-refractivity contribution is -0.127. The first-order valence-corrected chi connectivity index (χ1v) is 16.4. The summed E-state index contributed by atoms with van der Waals surface area (Å²) >= 11 is 1.34. The maximum absolute atomic E-state index is 14.3. The molecule has 1 amide bonds. The van der Waals surface area contributed by atoms with Gasteiger partial charge in [0, 0.05) is 35.7 Å². The van der Waals surface area contributed by atoms with E-state index in [2.05, 4.69) is 60.9 Å². The molecule has 2 aromatic heterocycles. The molecule has 0 fully saturated rings. The molecular formula is C38H38N4O3S. The van der Waals surface area contributed by atoms with E-state index in [9.17, 15) is 9.59 Å². The van der Waals surface area contributed by atoms with Crippen molar-refractivity contribution in [2.45, 2.75) is 40.7 Å². The second-order valence-electron chi connectivity index (χ2n) is 11.4. The molecule has 1 aliphatic rings. The van der Waals surface area contributed by atoms with E-state index in [-0.39, 0.29) is 11.5 Å². The van der Waals surface area contributed by atoms with Gasteiger partial charge in [-0.25, -0.2) is 4.99 Å². The van der Waals surface area contributed by atoms with E-state index in [0.717, 1.165) is 33.8 Å². The fourth-order valence-corrected chi connectivity index (χ4v) is 7.41. The molecule has 8 heteroatoms. The van der Waals surface area contributed by atoms with Gasteiger partial charge in [0.25, 0.3) is 11.5 Å². The van der Waals surface area contributed by atoms with Gasteiger partial charge in [-0.2, -0.15) is 0 Å². The number of likely N-dealkylation sites (N-methyl/N-ethyl adjacent to an activating group) is 1. The highest BCUT2D eigenvalue weighted by molar-refractivity contribution is 7.07. The van der Waals surface area contributed by atoms with Gasteiger partial charge in [0.15, 0.2) is 4.80 Å². The molecule has 0 saturated heterocycles. The van der Waals surface area contributed by atoms with E-state index in [4.69, 9.17) is 9.73 Å². The Morgan fingerprint density at radius 2 is 1.59 bits per heavy atom. The molecule has 0 bridgehead atoms. The van der Waals surface area contributed by atoms with Gasteiger partial charge in [-0.05, 0) is 81.7 Å². The highest BCUT2D eigenvalue weighted by Gasteiger charge is 2.35. The highest BCUT2D eigenvalue weighted by Crippen LogP contribution is 2.36. The topological polar surface area (TPSA) is 68.8 Å². The van der Waals surface area contributed by atoms with E-state index in [1.807, 2.05) is 69.3 Å². The Morgan fingerprint density at radius 3 is 2.26 bits per heavy atom. The molecule has 1 aliphatic heterocycles. The van der Waals surface area contributed by atoms with Crippen LogP contribution in [0.1, 0.15) is 49.3 Å². The number of allylic oxidation sites excluding steroid dienone is 1. The van der Waals surface area contributed by atoms with Crippen LogP contribution >= 0.6 is 11.3 Å². The van der Waals surface area contributed by atoms with Crippen LogP contribution in [0.5, 0.6) is 5.75 Å². The number of fused-ring (bicyclic) bond motifs is 1. The van der Waals surface area contributed by atoms with Crippen LogP contribution in [0.25, 0.3) is 22.9 Å². The summed E-state index contributed by atoms with van der Waals surface area (Å²) in [4.78, 5) is 35.4. The van der Waals surface area contributed by atoms with E-state index >= 15 is 0 Å². The number of aromatic nitrogens is 2. The van der Waals surface area contributed by atoms with Crippen LogP contribution in [-0.2, 0) is 4.79 Å². The molecule has 1 atom stereocenters. The fourth-order valence-electron chi connectivity index (χ4n) is 6.37. The van der Waals surface area contributed by atoms with Gasteiger partial charge in [0.1, 0.15) is 11.8 Å². The molecule has 3 heterocycles. The Morgan fingerprint density at radius 1 is 0.935 bits per heavy atom. The largest absolute Gasteiger partial charge is 0.496 e. The number of benzene rings is 3. The van der Waals surface area contributed by atoms with Gasteiger partial charge in [-0.1, -0.05) is 72.0 Å². The maximum atomic E-state index is 14.3. The summed E-state index contributed by atoms with van der Waals surface area (Å²) in [5.41, 5.74) is 8.11. The number of carbonyl (C=O) groups excluding carboxylic acids is 1. The average molecular weight is 631 g/mol. The van der Waals surface area contributed by atoms with Crippen LogP contribution in [0, 0.1) is 13.8 Å². The summed E-state index contributed by atoms with van der Waals surface area (Å²) in [5.74, 6) is 0.488. The summed E-state index contributed by atoms with van der Waals surface area (Å²) in [7, 11) is 1.61. The number of ether oxygens (including phenoxy) is 1. The SMILES string of the molecule is CCN(CC)C(=O)C1=C(C)N=c2s/c(=C/c3cc(C)n(-c4ccc(-c5ccccc5)cc4)c3C)c(=O)n2[C@H]1c1ccccc1OC. The van der Waals surface area contributed by atoms with Crippen molar-refractivity contribution in [1.82, 2.24) is 14.0 Å². The minimum atomic E-state index is -0.668. The molecule has 0 N–H and O–H groups in total. The smallest absolute Gasteiger partial charge is 0.271 e. The number of carbonyl (C=O) groups is 1. The Bertz CT molecular complexity index is 2130. The van der Waals surface area contributed by atoms with Crippen LogP contribution in [0.3, 0.4) is 0 Å². The van der Waals surface area contributed by atoms with E-state index in [1.54, 1.807) is 16.6 Å². The second-order valence-corrected chi connectivity index (χ2v) is 12.4. The molecule has 46 heavy (non-hydrogen) atoms. The number of rotatable bonds is 8. The zero-order valence-electron chi connectivity index (χ0n) is 27.1. The first-order chi connectivity index (χ1) is 22.3. The van der Waals surface area contributed by atoms with Gasteiger partial charge in [-0.3, -0.25) is 14.2 Å². The van der Waals surface area contributed by atoms with Crippen molar-refractivity contribution in [3.05, 3.63) is 138 Å². The van der Waals surface area contributed by atoms with Crippen molar-refractivity contribution < 1.29 is 9.53 Å². The fraction of sp³-hybridized carbons (Fsp3) is 0.237. The molecular weight excluding hydrogens is 593 g/mol. The number of amides is 1. The van der Waals surface area contributed by atoms with Gasteiger partial charge in [0.2, 0.25) is 0 Å². The number of thiazole rings is 1. The van der Waals surface area contributed by atoms with E-state index in [0.29, 0.717) is 39.4 Å². The van der Waals surface area contributed by atoms with Crippen LogP contribution in [0.4, 0.5) is 0 Å². The zero-order chi connectivity index (χ0) is 32.5. The quantitative estimate of drug-likeness (QED) is 0.206. The van der Waals surface area contributed by atoms with Gasteiger partial charge in [0.05, 0.1) is 22.9 Å². The number of aryl methyl sites for hydroxylation is 1. The van der Waals surface area contributed by atoms with Gasteiger partial charge >= 0.3 is 0 Å². The standard InChI is InChI=1S/C38H38N4O3S/c1-7-40(8-2)37(44)34-25(4)39-38-42(35(34)31-16-12-13-17-32(31)45-6)36(43)33(46-38)23-29-22-24(3)41(26(29)5)30-20-18-28(19-21-30)27-14-10-9-11-15-27/h9-23,35H,7-8H2,1-6H3/b33-23+/t35-/m0/s1. The Balaban J connectivity index is 1.47. The third kappa shape index (κ3) is 5.43. The van der Waals surface area contributed by atoms with E-state index in [1.165, 1.54) is 16.9 Å². The molecule has 6 rings (SSSR count). The van der Waals surface area contributed by atoms with Crippen LogP contribution in [0.15, 0.2) is 106 Å². The molecule has 0 spiro atoms. The van der Waals surface area contributed by atoms with Crippen molar-refractivity contribution in [3.8, 4) is 22.6 Å². The number of hydrogen-bond donors (Lipinski definition) is 0. The van der Waals surface area contributed by atoms with Crippen LogP contribution in [-0.4, -0.2) is 40.1 Å². The van der Waals surface area contributed by atoms with Crippen LogP contribution < -0.4 is 19.6 Å². The molecule has 5 aromatic rings. The minimum absolute atomic E-state index is 0.127. The third-order valence-electron chi connectivity index (χ3n) is 8.73. The Hall–Kier alpha value is -4.95. The molecule has 234 valence electrons. The number of para-hydroxylation sites is 1. The van der Waals surface area contributed by atoms with Gasteiger partial charge < -0.3 is 14.2 Å². The van der Waals surface area contributed by atoms with Crippen molar-refractivity contribution >= 4 is 23.3 Å². The second kappa shape index (κ2) is 12.8. The van der Waals surface area contributed by atoms with Crippen molar-refractivity contribution in [2.24, 2.45) is 4.99 Å². The summed E-state index contributed by atoms with van der Waals surface area (Å²) in [5, 5.41) is 0. The van der Waals surface area contributed by atoms with Crippen LogP contribution in [0.2, 0.25) is 0 Å². The average Bonchev–Trinajstić information content (AvgIpc) is 3.54. The zero-order valence-corrected chi connectivity index (χ0v) is 27.9. The summed E-state index contributed by atoms with van der Waals surface area (Å²) in [6.07, 6.45) is 1.95. The Kier molecular flexibility index (Phi) is 8.65. The predicted molar refractivity (Wildman–Crippen MR) is 185 cm³/mol. The van der Waals surface area contributed by atoms with E-state index < -0.39 is 6.04 Å². The lowest BCUT2D eigenvalue weighted by Crippen LogP contribution is -2.43. The first kappa shape index (κ1) is 31.0. The normalized spacial score (nSPS) is 14.7. The van der Waals surface area contributed by atoms with Crippen molar-refractivity contribution in [1.29, 1.82) is 0 Å². The summed E-state index contributed by atoms with van der Waals surface area (Å²) in [6, 6.07) is 27.9. The third-order valence-corrected chi connectivity index (χ3v) is 9.71. The van der Waals surface area contributed by atoms with Gasteiger partial charge in [-0.15, -0.1) is 0 Å². The molecule has 3 aromatic carbocycles. The first-order valence-electron chi connectivity index (χ1n) is 15.6. The molecule has 7 nitrogen and oxygen atoms in total. The molecule has 0 aliphatic carbocycles. The number of methoxy groups -OCH3 is 1. The lowest BCUT2D eigenvalue weighted by Gasteiger charge is -2.29. The highest BCUT2D eigenvalue weighted by atomic mass is 32.1. The number of hydrogen-bond acceptors (Lipinski definition) is 5. The van der Waals surface area contributed by atoms with Crippen molar-refractivity contribution in [3.63, 3.8) is 0 Å². The molecule has 0 unspecified atom stereocenters. The summed E-state index contributed by atoms with van der Waals surface area (Å²) < 4.78 is 10.2. The van der Waals surface area contributed by atoms with Crippen molar-refractivity contribution in [2.75, 3.05) is 20.2 Å². The monoisotopic (exact) mass is 630 g/mol. The molecule has 0 saturated carbocycles. The minimum Gasteiger partial charge on any atom is -0.496 e. The maximum Gasteiger partial charge on any atom is 0.271 e. The summed E-state index contributed by atoms with van der Waals surface area (Å²) in [6.45, 7) is 11.0. The molecule has 0 radical (unpaired) electrons. The predicted octanol–water partition coefficient (Wildman–Crippen LogP) is 6.19. The number of nitrogens with zero attached hydrogens (tertiary/aromatic N) is 4. The lowest BCUT2D eigenvalue weighted by atomic mass is 9.94. The Labute approximate surface area is 273 Å².